The molecule has 2 N–H and O–H groups in total. The van der Waals surface area contributed by atoms with E-state index in [2.05, 4.69) is 24.7 Å². The van der Waals surface area contributed by atoms with Gasteiger partial charge in [-0.15, -0.1) is 0 Å². The van der Waals surface area contributed by atoms with Crippen molar-refractivity contribution in [3.05, 3.63) is 0 Å². The second kappa shape index (κ2) is 31.9. The van der Waals surface area contributed by atoms with Crippen LogP contribution in [0, 0.1) is 0 Å². The van der Waals surface area contributed by atoms with Crippen molar-refractivity contribution in [3.8, 4) is 0 Å². The Morgan fingerprint density at radius 2 is 0.424 bits per heavy atom. The molecule has 0 saturated carbocycles. The number of hydrogen-bond donors (Lipinski definition) is 2. The van der Waals surface area contributed by atoms with Crippen molar-refractivity contribution < 1.29 is 0 Å². The van der Waals surface area contributed by atoms with Gasteiger partial charge >= 0.3 is 0 Å². The minimum absolute atomic E-state index is 1.14. The predicted octanol–water partition coefficient (Wildman–Crippen LogP) is 10.7. The summed E-state index contributed by atoms with van der Waals surface area (Å²) in [5.41, 5.74) is 6.84. The summed E-state index contributed by atoms with van der Waals surface area (Å²) < 4.78 is 0. The Morgan fingerprint density at radius 1 is 0.242 bits per heavy atom. The Kier molecular flexibility index (Phi) is 31.8. The molecular weight excluding hydrogens is 400 g/mol. The van der Waals surface area contributed by atoms with E-state index in [1.165, 1.54) is 173 Å². The van der Waals surface area contributed by atoms with Gasteiger partial charge in [0, 0.05) is 13.1 Å². The summed E-state index contributed by atoms with van der Waals surface area (Å²) >= 11 is 0. The van der Waals surface area contributed by atoms with E-state index in [9.17, 15) is 0 Å². The summed E-state index contributed by atoms with van der Waals surface area (Å²) in [5.74, 6) is 0. The Balaban J connectivity index is 2.99. The number of hydrazine groups is 1. The van der Waals surface area contributed by atoms with Gasteiger partial charge in [0.2, 0.25) is 0 Å². The second-order valence-electron chi connectivity index (χ2n) is 10.7. The maximum Gasteiger partial charge on any atom is 0.00997 e. The molecule has 0 atom stereocenters. The van der Waals surface area contributed by atoms with E-state index in [4.69, 9.17) is 0 Å². The molecule has 0 aromatic rings. The predicted molar refractivity (Wildman–Crippen MR) is 152 cm³/mol. The molecule has 0 aliphatic heterocycles. The summed E-state index contributed by atoms with van der Waals surface area (Å²) in [4.78, 5) is 0. The molecule has 0 aromatic carbocycles. The maximum atomic E-state index is 3.42. The molecule has 0 aliphatic carbocycles. The van der Waals surface area contributed by atoms with Gasteiger partial charge in [0.15, 0.2) is 0 Å². The highest BCUT2D eigenvalue weighted by molar-refractivity contribution is 4.52. The molecule has 0 unspecified atom stereocenters. The molecule has 200 valence electrons. The highest BCUT2D eigenvalue weighted by Gasteiger charge is 1.96. The first-order valence-corrected chi connectivity index (χ1v) is 15.9. The molecule has 2 nitrogen and oxygen atoms in total. The van der Waals surface area contributed by atoms with Crippen LogP contribution in [0.1, 0.15) is 187 Å². The zero-order valence-electron chi connectivity index (χ0n) is 23.5. The van der Waals surface area contributed by atoms with Crippen molar-refractivity contribution in [2.24, 2.45) is 0 Å². The van der Waals surface area contributed by atoms with Gasteiger partial charge in [0.25, 0.3) is 0 Å². The summed E-state index contributed by atoms with van der Waals surface area (Å²) in [6, 6.07) is 0. The van der Waals surface area contributed by atoms with Crippen molar-refractivity contribution in [2.45, 2.75) is 187 Å². The molecule has 0 aromatic heterocycles. The van der Waals surface area contributed by atoms with E-state index >= 15 is 0 Å². The third kappa shape index (κ3) is 31.9. The Hall–Kier alpha value is -0.0800. The average Bonchev–Trinajstić information content (AvgIpc) is 2.83. The molecule has 0 amide bonds. The lowest BCUT2D eigenvalue weighted by Gasteiger charge is -2.07. The van der Waals surface area contributed by atoms with Crippen LogP contribution in [0.5, 0.6) is 0 Å². The van der Waals surface area contributed by atoms with E-state index in [1.54, 1.807) is 0 Å². The monoisotopic (exact) mass is 467 g/mol. The molecular formula is C31H66N2. The molecule has 2 heteroatoms. The molecule has 0 spiro atoms. The van der Waals surface area contributed by atoms with Crippen LogP contribution in [-0.2, 0) is 0 Å². The fraction of sp³-hybridized carbons (Fsp3) is 1.00. The summed E-state index contributed by atoms with van der Waals surface area (Å²) in [5, 5.41) is 0. The van der Waals surface area contributed by atoms with Gasteiger partial charge in [-0.2, -0.15) is 0 Å². The molecule has 0 radical (unpaired) electrons. The van der Waals surface area contributed by atoms with Gasteiger partial charge in [-0.05, 0) is 12.8 Å². The van der Waals surface area contributed by atoms with E-state index in [-0.39, 0.29) is 0 Å². The molecule has 0 aliphatic rings. The zero-order valence-corrected chi connectivity index (χ0v) is 23.5. The fourth-order valence-corrected chi connectivity index (χ4v) is 4.82. The first kappa shape index (κ1) is 32.9. The van der Waals surface area contributed by atoms with Crippen LogP contribution in [0.3, 0.4) is 0 Å². The van der Waals surface area contributed by atoms with Crippen molar-refractivity contribution >= 4 is 0 Å². The standard InChI is InChI=1S/C31H66N2/c1-3-5-7-9-11-13-15-17-19-21-23-25-27-29-31-33-32-30-28-26-24-22-20-18-16-14-12-10-8-6-4-2/h32-33H,3-31H2,1-2H3. The Labute approximate surface area is 211 Å². The van der Waals surface area contributed by atoms with Gasteiger partial charge in [-0.1, -0.05) is 174 Å². The van der Waals surface area contributed by atoms with Crippen LogP contribution in [0.4, 0.5) is 0 Å². The van der Waals surface area contributed by atoms with Gasteiger partial charge in [0.05, 0.1) is 0 Å². The summed E-state index contributed by atoms with van der Waals surface area (Å²) in [6.45, 7) is 6.87. The minimum Gasteiger partial charge on any atom is -0.258 e. The quantitative estimate of drug-likeness (QED) is 0.0812. The van der Waals surface area contributed by atoms with Crippen molar-refractivity contribution in [1.82, 2.24) is 10.9 Å². The van der Waals surface area contributed by atoms with Gasteiger partial charge in [-0.25, -0.2) is 0 Å². The van der Waals surface area contributed by atoms with Crippen LogP contribution in [-0.4, -0.2) is 13.1 Å². The number of nitrogens with one attached hydrogen (secondary N) is 2. The topological polar surface area (TPSA) is 24.1 Å². The largest absolute Gasteiger partial charge is 0.258 e. The smallest absolute Gasteiger partial charge is 0.00997 e. The minimum atomic E-state index is 1.14. The van der Waals surface area contributed by atoms with Crippen molar-refractivity contribution in [1.29, 1.82) is 0 Å². The van der Waals surface area contributed by atoms with E-state index in [0.29, 0.717) is 0 Å². The van der Waals surface area contributed by atoms with Gasteiger partial charge in [-0.3, -0.25) is 10.9 Å². The zero-order chi connectivity index (χ0) is 23.9. The van der Waals surface area contributed by atoms with Crippen LogP contribution in [0.2, 0.25) is 0 Å². The molecule has 0 fully saturated rings. The van der Waals surface area contributed by atoms with E-state index in [0.717, 1.165) is 13.1 Å². The Bertz CT molecular complexity index is 288. The van der Waals surface area contributed by atoms with Gasteiger partial charge < -0.3 is 0 Å². The molecule has 0 rings (SSSR count). The highest BCUT2D eigenvalue weighted by atomic mass is 15.3. The highest BCUT2D eigenvalue weighted by Crippen LogP contribution is 2.13. The summed E-state index contributed by atoms with van der Waals surface area (Å²) in [7, 11) is 0. The number of hydrogen-bond acceptors (Lipinski definition) is 2. The Morgan fingerprint density at radius 3 is 0.636 bits per heavy atom. The molecule has 0 saturated heterocycles. The SMILES string of the molecule is CCCCCCCCCCCCCCCCNNCCCCCCCCCCCCCCC. The van der Waals surface area contributed by atoms with Gasteiger partial charge in [0.1, 0.15) is 0 Å². The average molecular weight is 467 g/mol. The molecule has 33 heavy (non-hydrogen) atoms. The number of rotatable bonds is 30. The molecule has 0 bridgehead atoms. The number of unbranched alkanes of at least 4 members (excludes halogenated alkanes) is 25. The van der Waals surface area contributed by atoms with E-state index < -0.39 is 0 Å². The fourth-order valence-electron chi connectivity index (χ4n) is 4.82. The normalized spacial score (nSPS) is 11.5. The first-order chi connectivity index (χ1) is 16.4. The van der Waals surface area contributed by atoms with Crippen molar-refractivity contribution in [2.75, 3.05) is 13.1 Å². The molecule has 0 heterocycles. The lowest BCUT2D eigenvalue weighted by molar-refractivity contribution is 0.476. The summed E-state index contributed by atoms with van der Waals surface area (Å²) in [6.07, 6.45) is 38.8. The van der Waals surface area contributed by atoms with E-state index in [1.807, 2.05) is 0 Å². The van der Waals surface area contributed by atoms with Crippen molar-refractivity contribution in [3.63, 3.8) is 0 Å². The lowest BCUT2D eigenvalue weighted by atomic mass is 10.0. The van der Waals surface area contributed by atoms with Crippen LogP contribution in [0.15, 0.2) is 0 Å². The van der Waals surface area contributed by atoms with Crippen LogP contribution >= 0.6 is 0 Å². The first-order valence-electron chi connectivity index (χ1n) is 15.9. The van der Waals surface area contributed by atoms with Crippen LogP contribution < -0.4 is 10.9 Å². The third-order valence-electron chi connectivity index (χ3n) is 7.19. The second-order valence-corrected chi connectivity index (χ2v) is 10.7. The maximum absolute atomic E-state index is 3.42. The van der Waals surface area contributed by atoms with Crippen LogP contribution in [0.25, 0.3) is 0 Å². The lowest BCUT2D eigenvalue weighted by Crippen LogP contribution is -2.33. The third-order valence-corrected chi connectivity index (χ3v) is 7.19.